The van der Waals surface area contributed by atoms with Gasteiger partial charge < -0.3 is 14.6 Å². The number of hydrogen-bond acceptors (Lipinski definition) is 4. The average Bonchev–Trinajstić information content (AvgIpc) is 3.17. The molecular formula is C22H15BrClFN2O3. The van der Waals surface area contributed by atoms with Crippen molar-refractivity contribution >= 4 is 27.5 Å². The molecule has 0 saturated carbocycles. The summed E-state index contributed by atoms with van der Waals surface area (Å²) in [7, 11) is 0. The molecule has 0 aliphatic rings. The molecule has 1 heterocycles. The summed E-state index contributed by atoms with van der Waals surface area (Å²) in [6.45, 7) is -0.0647. The second kappa shape index (κ2) is 8.77. The molecule has 0 radical (unpaired) electrons. The third-order valence-electron chi connectivity index (χ3n) is 4.34. The van der Waals surface area contributed by atoms with Gasteiger partial charge in [-0.1, -0.05) is 29.8 Å². The Bertz CT molecular complexity index is 1180. The summed E-state index contributed by atoms with van der Waals surface area (Å²) in [5.74, 6) is 0.928. The van der Waals surface area contributed by atoms with Gasteiger partial charge in [0.25, 0.3) is 0 Å². The number of nitrogens with zero attached hydrogens (tertiary/aromatic N) is 1. The SMILES string of the molecule is Oc1cc(OCc2c(F)cccc2Cl)ccc1-c1[nH]ncc1Oc1ccccc1Br. The first-order valence-corrected chi connectivity index (χ1v) is 10.0. The molecule has 1 aromatic heterocycles. The van der Waals surface area contributed by atoms with Gasteiger partial charge in [-0.05, 0) is 52.3 Å². The lowest BCUT2D eigenvalue weighted by Gasteiger charge is -2.12. The minimum absolute atomic E-state index is 0.0478. The number of aromatic nitrogens is 2. The average molecular weight is 490 g/mol. The lowest BCUT2D eigenvalue weighted by Crippen LogP contribution is -1.99. The number of nitrogens with one attached hydrogen (secondary N) is 1. The maximum absolute atomic E-state index is 13.9. The van der Waals surface area contributed by atoms with E-state index in [-0.39, 0.29) is 22.9 Å². The molecule has 4 rings (SSSR count). The highest BCUT2D eigenvalue weighted by Crippen LogP contribution is 2.39. The minimum atomic E-state index is -0.449. The van der Waals surface area contributed by atoms with Crippen LogP contribution >= 0.6 is 27.5 Å². The van der Waals surface area contributed by atoms with E-state index in [0.29, 0.717) is 28.5 Å². The number of phenols is 1. The number of hydrogen-bond donors (Lipinski definition) is 2. The van der Waals surface area contributed by atoms with E-state index in [4.69, 9.17) is 21.1 Å². The van der Waals surface area contributed by atoms with Crippen LogP contribution in [0.5, 0.6) is 23.0 Å². The molecule has 0 bridgehead atoms. The first kappa shape index (κ1) is 20.3. The Labute approximate surface area is 185 Å². The van der Waals surface area contributed by atoms with Crippen molar-refractivity contribution in [2.45, 2.75) is 6.61 Å². The van der Waals surface area contributed by atoms with Crippen molar-refractivity contribution in [3.63, 3.8) is 0 Å². The quantitative estimate of drug-likeness (QED) is 0.316. The molecule has 0 aliphatic heterocycles. The maximum atomic E-state index is 13.9. The Balaban J connectivity index is 1.55. The van der Waals surface area contributed by atoms with Crippen molar-refractivity contribution in [1.82, 2.24) is 10.2 Å². The van der Waals surface area contributed by atoms with Gasteiger partial charge in [-0.15, -0.1) is 0 Å². The molecule has 8 heteroatoms. The van der Waals surface area contributed by atoms with Crippen molar-refractivity contribution in [1.29, 1.82) is 0 Å². The summed E-state index contributed by atoms with van der Waals surface area (Å²) in [6, 6.07) is 16.6. The summed E-state index contributed by atoms with van der Waals surface area (Å²) in [5, 5.41) is 17.7. The van der Waals surface area contributed by atoms with E-state index in [1.165, 1.54) is 24.4 Å². The highest BCUT2D eigenvalue weighted by Gasteiger charge is 2.16. The van der Waals surface area contributed by atoms with E-state index in [2.05, 4.69) is 26.1 Å². The van der Waals surface area contributed by atoms with Crippen LogP contribution in [0.3, 0.4) is 0 Å². The van der Waals surface area contributed by atoms with Crippen LogP contribution in [0.15, 0.2) is 71.3 Å². The molecule has 0 spiro atoms. The monoisotopic (exact) mass is 488 g/mol. The van der Waals surface area contributed by atoms with Gasteiger partial charge in [0.15, 0.2) is 5.75 Å². The number of rotatable bonds is 6. The largest absolute Gasteiger partial charge is 0.507 e. The predicted octanol–water partition coefficient (Wildman–Crippen LogP) is 6.71. The van der Waals surface area contributed by atoms with Crippen LogP contribution in [-0.4, -0.2) is 15.3 Å². The van der Waals surface area contributed by atoms with Gasteiger partial charge in [0.2, 0.25) is 0 Å². The van der Waals surface area contributed by atoms with Crippen molar-refractivity contribution in [3.8, 4) is 34.3 Å². The highest BCUT2D eigenvalue weighted by molar-refractivity contribution is 9.10. The molecule has 2 N–H and O–H groups in total. The van der Waals surface area contributed by atoms with Crippen molar-refractivity contribution in [2.75, 3.05) is 0 Å². The number of benzene rings is 3. The second-order valence-corrected chi connectivity index (χ2v) is 7.57. The third kappa shape index (κ3) is 4.27. The van der Waals surface area contributed by atoms with E-state index in [0.717, 1.165) is 4.47 Å². The van der Waals surface area contributed by atoms with Crippen molar-refractivity contribution in [2.24, 2.45) is 0 Å². The van der Waals surface area contributed by atoms with E-state index < -0.39 is 5.82 Å². The molecule has 5 nitrogen and oxygen atoms in total. The molecular weight excluding hydrogens is 475 g/mol. The van der Waals surface area contributed by atoms with E-state index in [9.17, 15) is 9.50 Å². The summed E-state index contributed by atoms with van der Waals surface area (Å²) < 4.78 is 26.2. The molecule has 4 aromatic rings. The van der Waals surface area contributed by atoms with Gasteiger partial charge in [-0.3, -0.25) is 5.10 Å². The zero-order valence-electron chi connectivity index (χ0n) is 15.4. The lowest BCUT2D eigenvalue weighted by molar-refractivity contribution is 0.298. The fourth-order valence-corrected chi connectivity index (χ4v) is 3.41. The fraction of sp³-hybridized carbons (Fsp3) is 0.0455. The third-order valence-corrected chi connectivity index (χ3v) is 5.35. The van der Waals surface area contributed by atoms with E-state index in [1.54, 1.807) is 18.2 Å². The zero-order valence-corrected chi connectivity index (χ0v) is 17.7. The van der Waals surface area contributed by atoms with E-state index in [1.807, 2.05) is 24.3 Å². The van der Waals surface area contributed by atoms with Crippen LogP contribution in [0, 0.1) is 5.82 Å². The molecule has 0 amide bonds. The van der Waals surface area contributed by atoms with Gasteiger partial charge in [-0.2, -0.15) is 5.10 Å². The minimum Gasteiger partial charge on any atom is -0.507 e. The highest BCUT2D eigenvalue weighted by atomic mass is 79.9. The molecule has 0 unspecified atom stereocenters. The molecule has 152 valence electrons. The fourth-order valence-electron chi connectivity index (χ4n) is 2.83. The van der Waals surface area contributed by atoms with Crippen LogP contribution < -0.4 is 9.47 Å². The molecule has 0 aliphatic carbocycles. The van der Waals surface area contributed by atoms with Crippen LogP contribution in [0.2, 0.25) is 5.02 Å². The van der Waals surface area contributed by atoms with Crippen LogP contribution in [0.25, 0.3) is 11.3 Å². The van der Waals surface area contributed by atoms with E-state index >= 15 is 0 Å². The number of H-pyrrole nitrogens is 1. The summed E-state index contributed by atoms with van der Waals surface area (Å²) in [6.07, 6.45) is 1.53. The Morgan fingerprint density at radius 2 is 1.90 bits per heavy atom. The summed E-state index contributed by atoms with van der Waals surface area (Å²) >= 11 is 9.45. The van der Waals surface area contributed by atoms with Crippen LogP contribution in [0.1, 0.15) is 5.56 Å². The first-order chi connectivity index (χ1) is 14.5. The van der Waals surface area contributed by atoms with Gasteiger partial charge in [0.1, 0.15) is 35.4 Å². The van der Waals surface area contributed by atoms with Gasteiger partial charge >= 0.3 is 0 Å². The zero-order chi connectivity index (χ0) is 21.1. The number of aromatic amines is 1. The Morgan fingerprint density at radius 1 is 1.07 bits per heavy atom. The number of aromatic hydroxyl groups is 1. The molecule has 3 aromatic carbocycles. The molecule has 0 saturated heterocycles. The summed E-state index contributed by atoms with van der Waals surface area (Å²) in [5.41, 5.74) is 1.23. The number of halogens is 3. The predicted molar refractivity (Wildman–Crippen MR) is 116 cm³/mol. The Morgan fingerprint density at radius 3 is 2.67 bits per heavy atom. The molecule has 0 fully saturated rings. The maximum Gasteiger partial charge on any atom is 0.173 e. The number of ether oxygens (including phenoxy) is 2. The molecule has 30 heavy (non-hydrogen) atoms. The Hall–Kier alpha value is -3.03. The Kier molecular flexibility index (Phi) is 5.92. The lowest BCUT2D eigenvalue weighted by atomic mass is 10.1. The smallest absolute Gasteiger partial charge is 0.173 e. The summed E-state index contributed by atoms with van der Waals surface area (Å²) in [4.78, 5) is 0. The molecule has 0 atom stereocenters. The van der Waals surface area contributed by atoms with Crippen molar-refractivity contribution < 1.29 is 19.0 Å². The van der Waals surface area contributed by atoms with Crippen LogP contribution in [0.4, 0.5) is 4.39 Å². The van der Waals surface area contributed by atoms with Gasteiger partial charge in [0, 0.05) is 17.2 Å². The topological polar surface area (TPSA) is 67.4 Å². The normalized spacial score (nSPS) is 10.8. The van der Waals surface area contributed by atoms with Crippen LogP contribution in [-0.2, 0) is 6.61 Å². The van der Waals surface area contributed by atoms with Crippen molar-refractivity contribution in [3.05, 3.63) is 87.7 Å². The first-order valence-electron chi connectivity index (χ1n) is 8.88. The number of para-hydroxylation sites is 1. The second-order valence-electron chi connectivity index (χ2n) is 6.31. The standard InChI is InChI=1S/C22H15BrClFN2O3/c23-16-4-1-2-7-20(16)30-21-11-26-27-22(21)14-9-8-13(10-19(14)28)29-12-15-17(24)5-3-6-18(15)25/h1-11,28H,12H2,(H,26,27). The number of phenolic OH excluding ortho intramolecular Hbond substituents is 1. The van der Waals surface area contributed by atoms with Gasteiger partial charge in [-0.25, -0.2) is 4.39 Å². The van der Waals surface area contributed by atoms with Gasteiger partial charge in [0.05, 0.1) is 15.7 Å².